The lowest BCUT2D eigenvalue weighted by atomic mass is 10.2. The molecule has 0 unspecified atom stereocenters. The third-order valence-corrected chi connectivity index (χ3v) is 2.74. The lowest BCUT2D eigenvalue weighted by Gasteiger charge is -2.15. The number of nitrogens with zero attached hydrogens (tertiary/aromatic N) is 2. The summed E-state index contributed by atoms with van der Waals surface area (Å²) in [6.07, 6.45) is 0.608. The van der Waals surface area contributed by atoms with E-state index in [0.717, 1.165) is 0 Å². The number of nitrogens with one attached hydrogen (secondary N) is 2. The van der Waals surface area contributed by atoms with Gasteiger partial charge in [-0.3, -0.25) is 14.4 Å². The molecule has 0 radical (unpaired) electrons. The van der Waals surface area contributed by atoms with E-state index in [1.165, 1.54) is 11.8 Å². The van der Waals surface area contributed by atoms with E-state index in [1.54, 1.807) is 26.2 Å². The maximum atomic E-state index is 11.3. The Hall–Kier alpha value is -2.28. The summed E-state index contributed by atoms with van der Waals surface area (Å²) in [5, 5.41) is 5.39. The van der Waals surface area contributed by atoms with Crippen LogP contribution in [0.2, 0.25) is 0 Å². The minimum atomic E-state index is -0.176. The van der Waals surface area contributed by atoms with Crippen molar-refractivity contribution in [3.8, 4) is 0 Å². The number of carbonyl (C=O) groups excluding carboxylic acids is 3. The Morgan fingerprint density at radius 2 is 2.10 bits per heavy atom. The van der Waals surface area contributed by atoms with Crippen LogP contribution in [0.25, 0.3) is 0 Å². The molecule has 1 aromatic rings. The first-order valence-electron chi connectivity index (χ1n) is 6.10. The second kappa shape index (κ2) is 7.34. The van der Waals surface area contributed by atoms with Crippen molar-refractivity contribution >= 4 is 23.9 Å². The molecule has 2 amide bonds. The molecule has 7 nitrogen and oxygen atoms in total. The molecule has 0 aliphatic heterocycles. The van der Waals surface area contributed by atoms with Gasteiger partial charge in [-0.25, -0.2) is 4.98 Å². The molecule has 0 spiro atoms. The van der Waals surface area contributed by atoms with Crippen LogP contribution in [-0.4, -0.2) is 43.7 Å². The monoisotopic (exact) mass is 278 g/mol. The minimum Gasteiger partial charge on any atom is -0.351 e. The Bertz CT molecular complexity index is 516. The van der Waals surface area contributed by atoms with Crippen molar-refractivity contribution in [1.29, 1.82) is 0 Å². The van der Waals surface area contributed by atoms with Crippen LogP contribution in [-0.2, 0) is 16.1 Å². The average Bonchev–Trinajstić information content (AvgIpc) is 2.44. The van der Waals surface area contributed by atoms with Crippen molar-refractivity contribution in [2.24, 2.45) is 0 Å². The first-order chi connectivity index (χ1) is 9.49. The van der Waals surface area contributed by atoms with Gasteiger partial charge in [-0.2, -0.15) is 0 Å². The van der Waals surface area contributed by atoms with Crippen LogP contribution in [0.15, 0.2) is 12.1 Å². The SMILES string of the molecule is CNCC(=O)NCc1ccc(N(C)C(C)=O)nc1C=O. The number of rotatable bonds is 6. The van der Waals surface area contributed by atoms with Gasteiger partial charge in [0.1, 0.15) is 11.5 Å². The zero-order valence-electron chi connectivity index (χ0n) is 11.8. The maximum Gasteiger partial charge on any atom is 0.234 e. The maximum absolute atomic E-state index is 11.3. The number of aromatic nitrogens is 1. The molecule has 0 saturated heterocycles. The lowest BCUT2D eigenvalue weighted by molar-refractivity contribution is -0.120. The van der Waals surface area contributed by atoms with E-state index in [0.29, 0.717) is 17.7 Å². The summed E-state index contributed by atoms with van der Waals surface area (Å²) in [6, 6.07) is 3.30. The molecule has 20 heavy (non-hydrogen) atoms. The van der Waals surface area contributed by atoms with Crippen molar-refractivity contribution in [2.45, 2.75) is 13.5 Å². The summed E-state index contributed by atoms with van der Waals surface area (Å²) in [7, 11) is 3.25. The summed E-state index contributed by atoms with van der Waals surface area (Å²) in [5.74, 6) is 0.0450. The lowest BCUT2D eigenvalue weighted by Crippen LogP contribution is -2.32. The number of amides is 2. The van der Waals surface area contributed by atoms with E-state index in [4.69, 9.17) is 0 Å². The molecule has 1 heterocycles. The fourth-order valence-corrected chi connectivity index (χ4v) is 1.51. The third-order valence-electron chi connectivity index (χ3n) is 2.74. The first kappa shape index (κ1) is 15.8. The van der Waals surface area contributed by atoms with E-state index in [9.17, 15) is 14.4 Å². The molecule has 0 saturated carbocycles. The van der Waals surface area contributed by atoms with Gasteiger partial charge in [-0.15, -0.1) is 0 Å². The normalized spacial score (nSPS) is 9.95. The fraction of sp³-hybridized carbons (Fsp3) is 0.385. The molecule has 0 aliphatic rings. The standard InChI is InChI=1S/C13H18N4O3/c1-9(19)17(3)12-5-4-10(11(8-18)16-12)6-15-13(20)7-14-2/h4-5,8,14H,6-7H2,1-3H3,(H,15,20). The van der Waals surface area contributed by atoms with E-state index < -0.39 is 0 Å². The van der Waals surface area contributed by atoms with Crippen molar-refractivity contribution in [3.05, 3.63) is 23.4 Å². The predicted molar refractivity (Wildman–Crippen MR) is 74.5 cm³/mol. The van der Waals surface area contributed by atoms with E-state index in [-0.39, 0.29) is 30.6 Å². The highest BCUT2D eigenvalue weighted by molar-refractivity contribution is 5.90. The number of hydrogen-bond acceptors (Lipinski definition) is 5. The summed E-state index contributed by atoms with van der Waals surface area (Å²) in [4.78, 5) is 39.1. The molecule has 0 bridgehead atoms. The molecule has 0 aliphatic carbocycles. The first-order valence-corrected chi connectivity index (χ1v) is 6.10. The second-order valence-corrected chi connectivity index (χ2v) is 4.22. The van der Waals surface area contributed by atoms with Gasteiger partial charge in [0.05, 0.1) is 6.54 Å². The zero-order valence-corrected chi connectivity index (χ0v) is 11.8. The Labute approximate surface area is 117 Å². The topological polar surface area (TPSA) is 91.4 Å². The van der Waals surface area contributed by atoms with Crippen LogP contribution in [0.4, 0.5) is 5.82 Å². The zero-order chi connectivity index (χ0) is 15.1. The Morgan fingerprint density at radius 1 is 1.40 bits per heavy atom. The van der Waals surface area contributed by atoms with E-state index in [1.807, 2.05) is 0 Å². The highest BCUT2D eigenvalue weighted by atomic mass is 16.2. The van der Waals surface area contributed by atoms with Crippen LogP contribution in [0.3, 0.4) is 0 Å². The van der Waals surface area contributed by atoms with Crippen LogP contribution in [0.1, 0.15) is 23.0 Å². The summed E-state index contributed by atoms with van der Waals surface area (Å²) >= 11 is 0. The van der Waals surface area contributed by atoms with Crippen LogP contribution in [0, 0.1) is 0 Å². The molecule has 1 rings (SSSR count). The minimum absolute atomic E-state index is 0.172. The molecule has 0 fully saturated rings. The van der Waals surface area contributed by atoms with E-state index >= 15 is 0 Å². The van der Waals surface area contributed by atoms with Crippen molar-refractivity contribution in [2.75, 3.05) is 25.5 Å². The Balaban J connectivity index is 2.86. The molecule has 1 aromatic heterocycles. The molecule has 108 valence electrons. The smallest absolute Gasteiger partial charge is 0.234 e. The molecule has 0 atom stereocenters. The quantitative estimate of drug-likeness (QED) is 0.698. The number of aldehydes is 1. The van der Waals surface area contributed by atoms with Crippen LogP contribution >= 0.6 is 0 Å². The fourth-order valence-electron chi connectivity index (χ4n) is 1.51. The third kappa shape index (κ3) is 4.13. The number of pyridine rings is 1. The number of carbonyl (C=O) groups is 3. The van der Waals surface area contributed by atoms with E-state index in [2.05, 4.69) is 15.6 Å². The number of hydrogen-bond donors (Lipinski definition) is 2. The number of anilines is 1. The molecule has 2 N–H and O–H groups in total. The van der Waals surface area contributed by atoms with Gasteiger partial charge in [0.2, 0.25) is 11.8 Å². The van der Waals surface area contributed by atoms with Gasteiger partial charge in [0, 0.05) is 26.1 Å². The van der Waals surface area contributed by atoms with Crippen LogP contribution in [0.5, 0.6) is 0 Å². The molecule has 0 aromatic carbocycles. The average molecular weight is 278 g/mol. The summed E-state index contributed by atoms with van der Waals surface area (Å²) in [5.41, 5.74) is 0.811. The van der Waals surface area contributed by atoms with Gasteiger partial charge in [-0.1, -0.05) is 6.07 Å². The second-order valence-electron chi connectivity index (χ2n) is 4.22. The number of likely N-dealkylation sites (N-methyl/N-ethyl adjacent to an activating group) is 1. The van der Waals surface area contributed by atoms with Gasteiger partial charge in [0.15, 0.2) is 6.29 Å². The van der Waals surface area contributed by atoms with Gasteiger partial charge in [0.25, 0.3) is 0 Å². The van der Waals surface area contributed by atoms with Gasteiger partial charge >= 0.3 is 0 Å². The van der Waals surface area contributed by atoms with Gasteiger partial charge in [-0.05, 0) is 13.1 Å². The highest BCUT2D eigenvalue weighted by Crippen LogP contribution is 2.13. The van der Waals surface area contributed by atoms with Crippen molar-refractivity contribution in [3.63, 3.8) is 0 Å². The molecule has 7 heteroatoms. The Kier molecular flexibility index (Phi) is 5.79. The largest absolute Gasteiger partial charge is 0.351 e. The Morgan fingerprint density at radius 3 is 2.65 bits per heavy atom. The molecular weight excluding hydrogens is 260 g/mol. The van der Waals surface area contributed by atoms with Crippen molar-refractivity contribution < 1.29 is 14.4 Å². The highest BCUT2D eigenvalue weighted by Gasteiger charge is 2.11. The molecular formula is C13H18N4O3. The summed E-state index contributed by atoms with van der Waals surface area (Å²) in [6.45, 7) is 1.83. The van der Waals surface area contributed by atoms with Crippen LogP contribution < -0.4 is 15.5 Å². The predicted octanol–water partition coefficient (Wildman–Crippen LogP) is -0.288. The summed E-state index contributed by atoms with van der Waals surface area (Å²) < 4.78 is 0. The van der Waals surface area contributed by atoms with Gasteiger partial charge < -0.3 is 15.5 Å². The van der Waals surface area contributed by atoms with Crippen molar-refractivity contribution in [1.82, 2.24) is 15.6 Å².